The SMILES string of the molecule is CCCCn1cc2c3c(cccc31)[C@H]1C[C@@H](C(=O)N(C)C(C)C(C)c3ccccn3)CN(C)[C@@H]1C2. The lowest BCUT2D eigenvalue weighted by Gasteiger charge is -2.46. The summed E-state index contributed by atoms with van der Waals surface area (Å²) < 4.78 is 2.46. The van der Waals surface area contributed by atoms with Crippen molar-refractivity contribution in [2.75, 3.05) is 20.6 Å². The highest BCUT2D eigenvalue weighted by molar-refractivity contribution is 5.89. The average Bonchev–Trinajstić information content (AvgIpc) is 3.25. The molecular weight excluding hydrogens is 432 g/mol. The van der Waals surface area contributed by atoms with E-state index in [4.69, 9.17) is 0 Å². The van der Waals surface area contributed by atoms with E-state index in [-0.39, 0.29) is 23.8 Å². The normalized spacial score (nSPS) is 23.6. The molecule has 1 amide bonds. The van der Waals surface area contributed by atoms with Crippen LogP contribution in [0, 0.1) is 5.92 Å². The molecule has 2 aliphatic rings. The van der Waals surface area contributed by atoms with Gasteiger partial charge in [-0.25, -0.2) is 0 Å². The van der Waals surface area contributed by atoms with Crippen LogP contribution < -0.4 is 0 Å². The second kappa shape index (κ2) is 9.77. The summed E-state index contributed by atoms with van der Waals surface area (Å²) in [5, 5.41) is 1.46. The number of likely N-dealkylation sites (N-methyl/N-ethyl adjacent to an activating group) is 2. The number of hydrogen-bond donors (Lipinski definition) is 0. The van der Waals surface area contributed by atoms with E-state index in [2.05, 4.69) is 72.7 Å². The third-order valence-corrected chi connectivity index (χ3v) is 8.86. The van der Waals surface area contributed by atoms with Crippen molar-refractivity contribution >= 4 is 16.8 Å². The van der Waals surface area contributed by atoms with Crippen LogP contribution in [0.25, 0.3) is 10.9 Å². The Balaban J connectivity index is 1.39. The van der Waals surface area contributed by atoms with Gasteiger partial charge in [-0.05, 0) is 62.6 Å². The molecule has 186 valence electrons. The summed E-state index contributed by atoms with van der Waals surface area (Å²) in [6.07, 6.45) is 8.67. The van der Waals surface area contributed by atoms with Crippen molar-refractivity contribution in [2.24, 2.45) is 5.92 Å². The number of pyridine rings is 1. The molecule has 0 spiro atoms. The van der Waals surface area contributed by atoms with Crippen LogP contribution >= 0.6 is 0 Å². The Bertz CT molecular complexity index is 1190. The third kappa shape index (κ3) is 4.29. The summed E-state index contributed by atoms with van der Waals surface area (Å²) in [7, 11) is 4.20. The molecule has 1 aliphatic carbocycles. The summed E-state index contributed by atoms with van der Waals surface area (Å²) in [4.78, 5) is 22.8. The largest absolute Gasteiger partial charge is 0.347 e. The van der Waals surface area contributed by atoms with E-state index in [0.717, 1.165) is 31.6 Å². The minimum atomic E-state index is 0.0172. The number of nitrogens with zero attached hydrogens (tertiary/aromatic N) is 4. The fraction of sp³-hybridized carbons (Fsp3) is 0.533. The maximum Gasteiger partial charge on any atom is 0.226 e. The predicted octanol–water partition coefficient (Wildman–Crippen LogP) is 5.45. The smallest absolute Gasteiger partial charge is 0.226 e. The Morgan fingerprint density at radius 3 is 2.77 bits per heavy atom. The standard InChI is InChI=1S/C30H40N4O/c1-6-7-15-34-19-22-17-28-25(24-11-10-13-27(34)29(22)24)16-23(18-32(28)4)30(35)33(5)21(3)20(2)26-12-8-9-14-31-26/h8-14,19-21,23,25,28H,6-7,15-18H2,1-5H3/t20?,21?,23-,25-,28-/m1/s1. The lowest BCUT2D eigenvalue weighted by atomic mass is 9.72. The molecule has 1 aliphatic heterocycles. The van der Waals surface area contributed by atoms with Crippen LogP contribution in [0.3, 0.4) is 0 Å². The zero-order valence-corrected chi connectivity index (χ0v) is 21.9. The van der Waals surface area contributed by atoms with E-state index in [1.807, 2.05) is 30.3 Å². The molecule has 5 heteroatoms. The lowest BCUT2D eigenvalue weighted by molar-refractivity contribution is -0.139. The highest BCUT2D eigenvalue weighted by Gasteiger charge is 2.43. The number of hydrogen-bond acceptors (Lipinski definition) is 3. The van der Waals surface area contributed by atoms with Gasteiger partial charge in [0.25, 0.3) is 0 Å². The van der Waals surface area contributed by atoms with Gasteiger partial charge in [-0.1, -0.05) is 38.5 Å². The number of rotatable bonds is 7. The second-order valence-electron chi connectivity index (χ2n) is 10.9. The number of piperidine rings is 1. The van der Waals surface area contributed by atoms with E-state index in [1.165, 1.54) is 34.9 Å². The molecule has 5 rings (SSSR count). The van der Waals surface area contributed by atoms with Crippen LogP contribution in [0.15, 0.2) is 48.8 Å². The van der Waals surface area contributed by atoms with Gasteiger partial charge in [0, 0.05) is 73.0 Å². The predicted molar refractivity (Wildman–Crippen MR) is 143 cm³/mol. The molecule has 1 aromatic carbocycles. The highest BCUT2D eigenvalue weighted by atomic mass is 16.2. The fourth-order valence-corrected chi connectivity index (χ4v) is 6.53. The van der Waals surface area contributed by atoms with Gasteiger partial charge in [0.2, 0.25) is 5.91 Å². The summed E-state index contributed by atoms with van der Waals surface area (Å²) in [5.74, 6) is 0.874. The van der Waals surface area contributed by atoms with E-state index < -0.39 is 0 Å². The van der Waals surface area contributed by atoms with Crippen LogP contribution in [-0.2, 0) is 17.8 Å². The van der Waals surface area contributed by atoms with Gasteiger partial charge < -0.3 is 14.4 Å². The zero-order valence-electron chi connectivity index (χ0n) is 21.9. The average molecular weight is 473 g/mol. The van der Waals surface area contributed by atoms with E-state index >= 15 is 0 Å². The topological polar surface area (TPSA) is 41.4 Å². The van der Waals surface area contributed by atoms with Crippen LogP contribution in [0.1, 0.15) is 68.7 Å². The molecule has 3 heterocycles. The molecule has 1 fully saturated rings. The maximum absolute atomic E-state index is 13.8. The maximum atomic E-state index is 13.8. The number of unbranched alkanes of at least 4 members (excludes halogenated alkanes) is 1. The first-order chi connectivity index (χ1) is 16.9. The molecular formula is C30H40N4O. The molecule has 1 saturated heterocycles. The van der Waals surface area contributed by atoms with E-state index in [0.29, 0.717) is 12.0 Å². The Kier molecular flexibility index (Phi) is 6.71. The number of fused-ring (bicyclic) bond motifs is 2. The molecule has 5 nitrogen and oxygen atoms in total. The number of amides is 1. The number of carbonyl (C=O) groups is 1. The van der Waals surface area contributed by atoms with Crippen molar-refractivity contribution in [2.45, 2.75) is 76.9 Å². The number of likely N-dealkylation sites (tertiary alicyclic amines) is 1. The van der Waals surface area contributed by atoms with Crippen LogP contribution in [0.4, 0.5) is 0 Å². The van der Waals surface area contributed by atoms with Gasteiger partial charge in [0.1, 0.15) is 0 Å². The van der Waals surface area contributed by atoms with E-state index in [1.54, 1.807) is 0 Å². The lowest BCUT2D eigenvalue weighted by Crippen LogP contribution is -2.52. The van der Waals surface area contributed by atoms with Crippen LogP contribution in [0.5, 0.6) is 0 Å². The Morgan fingerprint density at radius 2 is 2.03 bits per heavy atom. The third-order valence-electron chi connectivity index (χ3n) is 8.86. The first-order valence-corrected chi connectivity index (χ1v) is 13.4. The highest BCUT2D eigenvalue weighted by Crippen LogP contribution is 2.45. The van der Waals surface area contributed by atoms with Gasteiger partial charge in [0.15, 0.2) is 0 Å². The Labute approximate surface area is 210 Å². The summed E-state index contributed by atoms with van der Waals surface area (Å²) in [6, 6.07) is 13.4. The van der Waals surface area contributed by atoms with Crippen molar-refractivity contribution in [3.8, 4) is 0 Å². The molecule has 0 bridgehead atoms. The summed E-state index contributed by atoms with van der Waals surface area (Å²) in [6.45, 7) is 8.49. The molecule has 2 aromatic heterocycles. The monoisotopic (exact) mass is 472 g/mol. The summed E-state index contributed by atoms with van der Waals surface area (Å²) >= 11 is 0. The quantitative estimate of drug-likeness (QED) is 0.459. The van der Waals surface area contributed by atoms with Crippen molar-refractivity contribution in [1.82, 2.24) is 19.4 Å². The van der Waals surface area contributed by atoms with Gasteiger partial charge >= 0.3 is 0 Å². The first-order valence-electron chi connectivity index (χ1n) is 13.4. The van der Waals surface area contributed by atoms with Crippen molar-refractivity contribution in [3.63, 3.8) is 0 Å². The molecule has 0 radical (unpaired) electrons. The second-order valence-corrected chi connectivity index (χ2v) is 10.9. The number of benzene rings is 1. The molecule has 2 unspecified atom stereocenters. The molecule has 5 atom stereocenters. The van der Waals surface area contributed by atoms with E-state index in [9.17, 15) is 4.79 Å². The zero-order chi connectivity index (χ0) is 24.7. The van der Waals surface area contributed by atoms with Gasteiger partial charge in [-0.15, -0.1) is 0 Å². The minimum absolute atomic E-state index is 0.0172. The van der Waals surface area contributed by atoms with Crippen LogP contribution in [0.2, 0.25) is 0 Å². The van der Waals surface area contributed by atoms with Crippen molar-refractivity contribution < 1.29 is 4.79 Å². The summed E-state index contributed by atoms with van der Waals surface area (Å²) in [5.41, 5.74) is 5.35. The number of carbonyl (C=O) groups excluding carboxylic acids is 1. The van der Waals surface area contributed by atoms with Crippen molar-refractivity contribution in [3.05, 3.63) is 65.6 Å². The number of aryl methyl sites for hydroxylation is 1. The van der Waals surface area contributed by atoms with Crippen LogP contribution in [-0.4, -0.2) is 58.0 Å². The van der Waals surface area contributed by atoms with Gasteiger partial charge in [0.05, 0.1) is 5.92 Å². The van der Waals surface area contributed by atoms with Gasteiger partial charge in [-0.3, -0.25) is 9.78 Å². The molecule has 0 N–H and O–H groups in total. The minimum Gasteiger partial charge on any atom is -0.347 e. The number of aromatic nitrogens is 2. The van der Waals surface area contributed by atoms with Gasteiger partial charge in [-0.2, -0.15) is 0 Å². The molecule has 3 aromatic rings. The Morgan fingerprint density at radius 1 is 1.20 bits per heavy atom. The molecule has 35 heavy (non-hydrogen) atoms. The van der Waals surface area contributed by atoms with Crippen molar-refractivity contribution in [1.29, 1.82) is 0 Å². The fourth-order valence-electron chi connectivity index (χ4n) is 6.53. The first kappa shape index (κ1) is 24.1. The molecule has 0 saturated carbocycles. The Hall–Kier alpha value is -2.66.